The monoisotopic (exact) mass is 401 g/mol. The molecule has 0 spiro atoms. The van der Waals surface area contributed by atoms with Gasteiger partial charge < -0.3 is 14.8 Å². The van der Waals surface area contributed by atoms with Gasteiger partial charge in [-0.05, 0) is 47.6 Å². The van der Waals surface area contributed by atoms with Crippen molar-refractivity contribution in [2.45, 2.75) is 32.3 Å². The van der Waals surface area contributed by atoms with Gasteiger partial charge in [0.05, 0.1) is 12.7 Å². The number of halogens is 1. The highest BCUT2D eigenvalue weighted by Gasteiger charge is 2.35. The second kappa shape index (κ2) is 9.44. The first-order chi connectivity index (χ1) is 13.5. The number of likely N-dealkylation sites (N-methyl/N-ethyl adjacent to an activating group) is 1. The van der Waals surface area contributed by atoms with Crippen molar-refractivity contribution >= 4 is 17.5 Å². The van der Waals surface area contributed by atoms with Gasteiger partial charge in [0, 0.05) is 18.0 Å². The molecule has 1 amide bonds. The smallest absolute Gasteiger partial charge is 0.257 e. The highest BCUT2D eigenvalue weighted by atomic mass is 35.5. The van der Waals surface area contributed by atoms with Crippen LogP contribution >= 0.6 is 11.6 Å². The first-order valence-electron chi connectivity index (χ1n) is 9.79. The standard InChI is InChI=1S/C23H28ClNO3/c1-15(2)20-12-17(19-9-4-5-10-21(19)24)13-28-23(20)16-7-6-8-18(11-16)27-14-22(26)25-3/h4-11,15,17,20,23H,12-14H2,1-3H3,(H,25,26)/t17-,20-,23-/m0/s1. The zero-order valence-electron chi connectivity index (χ0n) is 16.7. The summed E-state index contributed by atoms with van der Waals surface area (Å²) in [5, 5.41) is 3.37. The molecule has 5 heteroatoms. The number of benzene rings is 2. The van der Waals surface area contributed by atoms with E-state index in [1.54, 1.807) is 7.05 Å². The Kier molecular flexibility index (Phi) is 6.97. The predicted molar refractivity (Wildman–Crippen MR) is 112 cm³/mol. The minimum absolute atomic E-state index is 0.00212. The van der Waals surface area contributed by atoms with Crippen molar-refractivity contribution in [1.82, 2.24) is 5.32 Å². The molecule has 3 rings (SSSR count). The molecule has 3 atom stereocenters. The van der Waals surface area contributed by atoms with E-state index < -0.39 is 0 Å². The molecule has 1 N–H and O–H groups in total. The van der Waals surface area contributed by atoms with Crippen LogP contribution in [-0.4, -0.2) is 26.2 Å². The van der Waals surface area contributed by atoms with E-state index in [4.69, 9.17) is 21.1 Å². The lowest BCUT2D eigenvalue weighted by Crippen LogP contribution is -2.31. The number of rotatable bonds is 6. The van der Waals surface area contributed by atoms with Gasteiger partial charge >= 0.3 is 0 Å². The van der Waals surface area contributed by atoms with Crippen molar-refractivity contribution < 1.29 is 14.3 Å². The third kappa shape index (κ3) is 4.86. The maximum atomic E-state index is 11.4. The zero-order valence-corrected chi connectivity index (χ0v) is 17.4. The Labute approximate surface area is 172 Å². The maximum Gasteiger partial charge on any atom is 0.257 e. The molecule has 1 aliphatic heterocycles. The highest BCUT2D eigenvalue weighted by molar-refractivity contribution is 6.31. The third-order valence-corrected chi connectivity index (χ3v) is 5.80. The first kappa shape index (κ1) is 20.7. The molecule has 0 aromatic heterocycles. The predicted octanol–water partition coefficient (Wildman–Crippen LogP) is 4.98. The molecule has 1 aliphatic rings. The van der Waals surface area contributed by atoms with E-state index in [0.29, 0.717) is 30.1 Å². The number of carbonyl (C=O) groups is 1. The summed E-state index contributed by atoms with van der Waals surface area (Å²) in [6.45, 7) is 5.12. The fourth-order valence-corrected chi connectivity index (χ4v) is 4.14. The van der Waals surface area contributed by atoms with Gasteiger partial charge in [-0.15, -0.1) is 0 Å². The SMILES string of the molecule is CNC(=O)COc1cccc([C@@H]2OC[C@@H](c3ccccc3Cl)C[C@H]2C(C)C)c1. The Hall–Kier alpha value is -2.04. The van der Waals surface area contributed by atoms with E-state index in [9.17, 15) is 4.79 Å². The molecule has 0 saturated carbocycles. The van der Waals surface area contributed by atoms with E-state index in [1.807, 2.05) is 36.4 Å². The first-order valence-corrected chi connectivity index (χ1v) is 10.2. The molecule has 2 aromatic carbocycles. The molecular weight excluding hydrogens is 374 g/mol. The van der Waals surface area contributed by atoms with Gasteiger partial charge in [0.15, 0.2) is 6.61 Å². The van der Waals surface area contributed by atoms with Crippen molar-refractivity contribution in [1.29, 1.82) is 0 Å². The van der Waals surface area contributed by atoms with Crippen LogP contribution in [0.4, 0.5) is 0 Å². The van der Waals surface area contributed by atoms with E-state index >= 15 is 0 Å². The molecule has 2 aromatic rings. The summed E-state index contributed by atoms with van der Waals surface area (Å²) >= 11 is 6.43. The van der Waals surface area contributed by atoms with Gasteiger partial charge in [0.25, 0.3) is 5.91 Å². The van der Waals surface area contributed by atoms with E-state index in [-0.39, 0.29) is 18.6 Å². The summed E-state index contributed by atoms with van der Waals surface area (Å²) in [6, 6.07) is 15.9. The average Bonchev–Trinajstić information content (AvgIpc) is 2.72. The second-order valence-electron chi connectivity index (χ2n) is 7.65. The number of hydrogen-bond acceptors (Lipinski definition) is 3. The fraction of sp³-hybridized carbons (Fsp3) is 0.435. The molecular formula is C23H28ClNO3. The van der Waals surface area contributed by atoms with Gasteiger partial charge in [0.2, 0.25) is 0 Å². The molecule has 150 valence electrons. The molecule has 0 bridgehead atoms. The minimum Gasteiger partial charge on any atom is -0.484 e. The van der Waals surface area contributed by atoms with Crippen LogP contribution in [0.25, 0.3) is 0 Å². The van der Waals surface area contributed by atoms with E-state index in [0.717, 1.165) is 22.6 Å². The molecule has 1 saturated heterocycles. The van der Waals surface area contributed by atoms with Crippen molar-refractivity contribution in [3.63, 3.8) is 0 Å². The van der Waals surface area contributed by atoms with E-state index in [2.05, 4.69) is 31.3 Å². The van der Waals surface area contributed by atoms with E-state index in [1.165, 1.54) is 0 Å². The molecule has 0 unspecified atom stereocenters. The van der Waals surface area contributed by atoms with Crippen LogP contribution in [-0.2, 0) is 9.53 Å². The van der Waals surface area contributed by atoms with Gasteiger partial charge in [-0.2, -0.15) is 0 Å². The second-order valence-corrected chi connectivity index (χ2v) is 8.06. The number of nitrogens with one attached hydrogen (secondary N) is 1. The number of amides is 1. The van der Waals surface area contributed by atoms with Crippen molar-refractivity contribution in [2.24, 2.45) is 11.8 Å². The average molecular weight is 402 g/mol. The Bertz CT molecular complexity index is 808. The summed E-state index contributed by atoms with van der Waals surface area (Å²) in [6.07, 6.45) is 1.03. The number of hydrogen-bond donors (Lipinski definition) is 1. The van der Waals surface area contributed by atoms with Crippen LogP contribution in [0.15, 0.2) is 48.5 Å². The summed E-state index contributed by atoms with van der Waals surface area (Å²) in [7, 11) is 1.60. The summed E-state index contributed by atoms with van der Waals surface area (Å²) in [4.78, 5) is 11.4. The summed E-state index contributed by atoms with van der Waals surface area (Å²) < 4.78 is 12.0. The fourth-order valence-electron chi connectivity index (χ4n) is 3.85. The van der Waals surface area contributed by atoms with Gasteiger partial charge in [-0.3, -0.25) is 4.79 Å². The molecule has 4 nitrogen and oxygen atoms in total. The Morgan fingerprint density at radius 1 is 1.25 bits per heavy atom. The maximum absolute atomic E-state index is 11.4. The molecule has 1 fully saturated rings. The highest BCUT2D eigenvalue weighted by Crippen LogP contribution is 2.45. The Morgan fingerprint density at radius 2 is 2.04 bits per heavy atom. The van der Waals surface area contributed by atoms with Crippen LogP contribution in [0.1, 0.15) is 43.4 Å². The van der Waals surface area contributed by atoms with Crippen LogP contribution in [0.2, 0.25) is 5.02 Å². The summed E-state index contributed by atoms with van der Waals surface area (Å²) in [5.74, 6) is 1.65. The molecule has 0 radical (unpaired) electrons. The number of ether oxygens (including phenoxy) is 2. The summed E-state index contributed by atoms with van der Waals surface area (Å²) in [5.41, 5.74) is 2.25. The lowest BCUT2D eigenvalue weighted by molar-refractivity contribution is -0.122. The van der Waals surface area contributed by atoms with Crippen molar-refractivity contribution in [3.05, 3.63) is 64.7 Å². The normalized spacial score (nSPS) is 22.1. The topological polar surface area (TPSA) is 47.6 Å². The van der Waals surface area contributed by atoms with Gasteiger partial charge in [-0.25, -0.2) is 0 Å². The Balaban J connectivity index is 1.77. The molecule has 28 heavy (non-hydrogen) atoms. The Morgan fingerprint density at radius 3 is 2.75 bits per heavy atom. The van der Waals surface area contributed by atoms with Gasteiger partial charge in [-0.1, -0.05) is 55.8 Å². The minimum atomic E-state index is -0.151. The lowest BCUT2D eigenvalue weighted by atomic mass is 9.76. The molecule has 0 aliphatic carbocycles. The van der Waals surface area contributed by atoms with Crippen LogP contribution in [0.5, 0.6) is 5.75 Å². The number of carbonyl (C=O) groups excluding carboxylic acids is 1. The lowest BCUT2D eigenvalue weighted by Gasteiger charge is -2.39. The zero-order chi connectivity index (χ0) is 20.1. The van der Waals surface area contributed by atoms with Crippen LogP contribution in [0, 0.1) is 11.8 Å². The van der Waals surface area contributed by atoms with Crippen molar-refractivity contribution in [2.75, 3.05) is 20.3 Å². The van der Waals surface area contributed by atoms with Crippen molar-refractivity contribution in [3.8, 4) is 5.75 Å². The van der Waals surface area contributed by atoms with Crippen LogP contribution < -0.4 is 10.1 Å². The largest absolute Gasteiger partial charge is 0.484 e. The molecule has 1 heterocycles. The van der Waals surface area contributed by atoms with Crippen LogP contribution in [0.3, 0.4) is 0 Å². The van der Waals surface area contributed by atoms with Gasteiger partial charge in [0.1, 0.15) is 5.75 Å². The quantitative estimate of drug-likeness (QED) is 0.742. The third-order valence-electron chi connectivity index (χ3n) is 5.46.